The Balaban J connectivity index is 1.70. The second-order valence-corrected chi connectivity index (χ2v) is 9.89. The summed E-state index contributed by atoms with van der Waals surface area (Å²) in [6, 6.07) is -0.532. The molecular formula is C24H31ClO7. The number of alkyl halides is 1. The van der Waals surface area contributed by atoms with Crippen molar-refractivity contribution in [3.05, 3.63) is 23.8 Å². The van der Waals surface area contributed by atoms with Crippen LogP contribution in [0.1, 0.15) is 59.7 Å². The Morgan fingerprint density at radius 1 is 1.34 bits per heavy atom. The SMILES string of the molecule is [2H]C([2H])([2H])C([2H])([2H])OC(=O)O[C@]1(C(=O)OCCl)CC[C@H]2[C@@H]3CCC4=CC(=O)C=C[C@]4(C)[C@H]3[C@@H](O)C[C@@]21C. The van der Waals surface area contributed by atoms with Crippen LogP contribution in [0.2, 0.25) is 0 Å². The molecule has 0 amide bonds. The van der Waals surface area contributed by atoms with E-state index in [1.165, 1.54) is 6.08 Å². The first-order valence-corrected chi connectivity index (χ1v) is 11.3. The molecule has 0 aromatic rings. The van der Waals surface area contributed by atoms with Crippen LogP contribution in [0.25, 0.3) is 0 Å². The van der Waals surface area contributed by atoms with Gasteiger partial charge >= 0.3 is 12.1 Å². The van der Waals surface area contributed by atoms with Crippen LogP contribution in [0.15, 0.2) is 23.8 Å². The van der Waals surface area contributed by atoms with E-state index >= 15 is 0 Å². The first-order chi connectivity index (χ1) is 17.0. The van der Waals surface area contributed by atoms with Crippen molar-refractivity contribution in [1.82, 2.24) is 0 Å². The summed E-state index contributed by atoms with van der Waals surface area (Å²) in [5, 5.41) is 11.5. The molecule has 32 heavy (non-hydrogen) atoms. The molecule has 7 atom stereocenters. The number of halogens is 1. The zero-order valence-electron chi connectivity index (χ0n) is 23.1. The summed E-state index contributed by atoms with van der Waals surface area (Å²) >= 11 is 5.67. The predicted molar refractivity (Wildman–Crippen MR) is 116 cm³/mol. The van der Waals surface area contributed by atoms with Crippen LogP contribution in [-0.4, -0.2) is 47.3 Å². The highest BCUT2D eigenvalue weighted by Crippen LogP contribution is 2.68. The van der Waals surface area contributed by atoms with E-state index < -0.39 is 54.1 Å². The summed E-state index contributed by atoms with van der Waals surface area (Å²) in [7, 11) is 0. The maximum Gasteiger partial charge on any atom is 0.509 e. The lowest BCUT2D eigenvalue weighted by molar-refractivity contribution is -0.199. The van der Waals surface area contributed by atoms with Crippen LogP contribution < -0.4 is 0 Å². The van der Waals surface area contributed by atoms with E-state index in [1.54, 1.807) is 13.0 Å². The molecule has 0 radical (unpaired) electrons. The third-order valence-corrected chi connectivity index (χ3v) is 8.63. The lowest BCUT2D eigenvalue weighted by Gasteiger charge is -2.59. The number of carbonyl (C=O) groups is 3. The van der Waals surface area contributed by atoms with Gasteiger partial charge in [-0.2, -0.15) is 0 Å². The van der Waals surface area contributed by atoms with Crippen LogP contribution >= 0.6 is 11.6 Å². The average molecular weight is 472 g/mol. The molecule has 0 aliphatic heterocycles. The molecule has 4 aliphatic rings. The van der Waals surface area contributed by atoms with Gasteiger partial charge in [-0.25, -0.2) is 9.59 Å². The number of carbonyl (C=O) groups excluding carboxylic acids is 3. The third-order valence-electron chi connectivity index (χ3n) is 8.52. The van der Waals surface area contributed by atoms with Crippen molar-refractivity contribution in [2.24, 2.45) is 28.6 Å². The molecule has 1 N–H and O–H groups in total. The van der Waals surface area contributed by atoms with Crippen molar-refractivity contribution < 1.29 is 40.6 Å². The maximum atomic E-state index is 13.3. The van der Waals surface area contributed by atoms with Gasteiger partial charge in [0.25, 0.3) is 0 Å². The highest BCUT2D eigenvalue weighted by molar-refractivity contribution is 6.17. The molecule has 0 saturated heterocycles. The number of rotatable bonds is 4. The van der Waals surface area contributed by atoms with Crippen molar-refractivity contribution in [3.8, 4) is 0 Å². The number of ether oxygens (including phenoxy) is 3. The van der Waals surface area contributed by atoms with Crippen LogP contribution in [-0.2, 0) is 23.8 Å². The summed E-state index contributed by atoms with van der Waals surface area (Å²) in [5.41, 5.74) is -2.71. The molecule has 0 spiro atoms. The van der Waals surface area contributed by atoms with Gasteiger partial charge in [0.15, 0.2) is 11.8 Å². The van der Waals surface area contributed by atoms with Gasteiger partial charge in [0, 0.05) is 20.9 Å². The predicted octanol–water partition coefficient (Wildman–Crippen LogP) is 3.92. The average Bonchev–Trinajstić information content (AvgIpc) is 3.05. The van der Waals surface area contributed by atoms with E-state index in [9.17, 15) is 19.5 Å². The van der Waals surface area contributed by atoms with Crippen molar-refractivity contribution in [2.75, 3.05) is 12.6 Å². The number of hydrogen-bond acceptors (Lipinski definition) is 7. The fourth-order valence-corrected chi connectivity index (χ4v) is 7.33. The first-order valence-electron chi connectivity index (χ1n) is 13.3. The largest absolute Gasteiger partial charge is 0.509 e. The molecular weight excluding hydrogens is 436 g/mol. The fourth-order valence-electron chi connectivity index (χ4n) is 7.23. The van der Waals surface area contributed by atoms with Crippen molar-refractivity contribution in [2.45, 2.75) is 64.5 Å². The van der Waals surface area contributed by atoms with E-state index in [1.807, 2.05) is 13.0 Å². The molecule has 4 rings (SSSR count). The highest BCUT2D eigenvalue weighted by atomic mass is 35.5. The Hall–Kier alpha value is -1.86. The monoisotopic (exact) mass is 471 g/mol. The van der Waals surface area contributed by atoms with Gasteiger partial charge in [-0.05, 0) is 62.9 Å². The molecule has 4 aliphatic carbocycles. The molecule has 0 heterocycles. The zero-order valence-corrected chi connectivity index (χ0v) is 18.8. The summed E-state index contributed by atoms with van der Waals surface area (Å²) in [6.45, 7) is -2.93. The molecule has 0 aromatic carbocycles. The van der Waals surface area contributed by atoms with Gasteiger partial charge in [0.05, 0.1) is 15.4 Å². The first kappa shape index (κ1) is 17.6. The molecule has 8 heteroatoms. The number of aliphatic hydroxyl groups excluding tert-OH is 1. The molecule has 0 unspecified atom stereocenters. The van der Waals surface area contributed by atoms with Gasteiger partial charge in [-0.3, -0.25) is 4.79 Å². The van der Waals surface area contributed by atoms with E-state index in [2.05, 4.69) is 4.74 Å². The minimum Gasteiger partial charge on any atom is -0.446 e. The summed E-state index contributed by atoms with van der Waals surface area (Å²) in [4.78, 5) is 38.1. The van der Waals surface area contributed by atoms with Crippen LogP contribution in [0.4, 0.5) is 4.79 Å². The smallest absolute Gasteiger partial charge is 0.446 e. The van der Waals surface area contributed by atoms with Gasteiger partial charge in [0.2, 0.25) is 5.60 Å². The molecule has 7 nitrogen and oxygen atoms in total. The lowest BCUT2D eigenvalue weighted by Crippen LogP contribution is -2.62. The Morgan fingerprint density at radius 2 is 2.12 bits per heavy atom. The van der Waals surface area contributed by atoms with Crippen LogP contribution in [0.3, 0.4) is 0 Å². The zero-order chi connectivity index (χ0) is 27.6. The number of aliphatic hydroxyl groups is 1. The highest BCUT2D eigenvalue weighted by Gasteiger charge is 2.71. The third kappa shape index (κ3) is 3.23. The molecule has 3 saturated carbocycles. The quantitative estimate of drug-likeness (QED) is 0.490. The normalized spacial score (nSPS) is 45.4. The van der Waals surface area contributed by atoms with E-state index in [0.717, 1.165) is 5.57 Å². The topological polar surface area (TPSA) is 99.1 Å². The maximum absolute atomic E-state index is 13.3. The van der Waals surface area contributed by atoms with E-state index in [0.29, 0.717) is 19.3 Å². The Bertz CT molecular complexity index is 1060. The lowest BCUT2D eigenvalue weighted by atomic mass is 9.46. The minimum atomic E-state index is -3.36. The molecule has 0 aromatic heterocycles. The molecule has 3 fully saturated rings. The van der Waals surface area contributed by atoms with Crippen molar-refractivity contribution >= 4 is 29.5 Å². The number of fused-ring (bicyclic) bond motifs is 5. The number of esters is 1. The van der Waals surface area contributed by atoms with Crippen LogP contribution in [0.5, 0.6) is 0 Å². The number of hydrogen-bond donors (Lipinski definition) is 1. The number of allylic oxidation sites excluding steroid dienone is 4. The van der Waals surface area contributed by atoms with E-state index in [4.69, 9.17) is 27.9 Å². The summed E-state index contributed by atoms with van der Waals surface area (Å²) in [5.74, 6) is -1.59. The summed E-state index contributed by atoms with van der Waals surface area (Å²) < 4.78 is 52.2. The standard InChI is InChI=1S/C24H31ClO7/c1-4-30-21(29)32-24(20(28)31-13-25)10-8-17-16-6-5-14-11-15(26)7-9-22(14,2)19(16)18(27)12-23(17,24)3/h7,9,11,16-19,27H,4-6,8,10,12-13H2,1-3H3/t16-,17-,18-,19+,22-,23-,24-/m0/s1/i1D3,4D2. The van der Waals surface area contributed by atoms with Crippen LogP contribution in [0, 0.1) is 28.6 Å². The Labute approximate surface area is 200 Å². The molecule has 176 valence electrons. The van der Waals surface area contributed by atoms with Gasteiger partial charge in [0.1, 0.15) is 0 Å². The Kier molecular flexibility index (Phi) is 4.49. The second kappa shape index (κ2) is 8.17. The van der Waals surface area contributed by atoms with Gasteiger partial charge in [-0.1, -0.05) is 37.1 Å². The van der Waals surface area contributed by atoms with Gasteiger partial charge < -0.3 is 19.3 Å². The molecule has 0 bridgehead atoms. The summed E-state index contributed by atoms with van der Waals surface area (Å²) in [6.07, 6.45) is 4.15. The Morgan fingerprint density at radius 3 is 2.84 bits per heavy atom. The second-order valence-electron chi connectivity index (χ2n) is 9.67. The van der Waals surface area contributed by atoms with Gasteiger partial charge in [-0.15, -0.1) is 0 Å². The van der Waals surface area contributed by atoms with Crippen molar-refractivity contribution in [1.29, 1.82) is 0 Å². The van der Waals surface area contributed by atoms with Crippen molar-refractivity contribution in [3.63, 3.8) is 0 Å². The number of ketones is 1. The minimum absolute atomic E-state index is 0.000563. The van der Waals surface area contributed by atoms with E-state index in [-0.39, 0.29) is 36.4 Å². The fraction of sp³-hybridized carbons (Fsp3) is 0.708.